The minimum atomic E-state index is -0.873. The van der Waals surface area contributed by atoms with Crippen LogP contribution in [0.3, 0.4) is 0 Å². The highest BCUT2D eigenvalue weighted by molar-refractivity contribution is 5.77. The van der Waals surface area contributed by atoms with Gasteiger partial charge in [-0.25, -0.2) is 0 Å². The van der Waals surface area contributed by atoms with Crippen LogP contribution in [0.15, 0.2) is 24.3 Å². The minimum Gasteiger partial charge on any atom is -0.480 e. The van der Waals surface area contributed by atoms with E-state index in [0.717, 1.165) is 12.1 Å². The fourth-order valence-corrected chi connectivity index (χ4v) is 1.82. The van der Waals surface area contributed by atoms with Crippen molar-refractivity contribution in [2.45, 2.75) is 19.4 Å². The predicted octanol–water partition coefficient (Wildman–Crippen LogP) is 1.58. The number of para-hydroxylation sites is 2. The second kappa shape index (κ2) is 6.86. The van der Waals surface area contributed by atoms with Crippen LogP contribution in [0, 0.1) is 0 Å². The molecule has 18 heavy (non-hydrogen) atoms. The summed E-state index contributed by atoms with van der Waals surface area (Å²) in [5, 5.41) is 9.00. The van der Waals surface area contributed by atoms with Crippen LogP contribution >= 0.6 is 0 Å². The molecule has 1 rings (SSSR count). The average Bonchev–Trinajstić information content (AvgIpc) is 2.34. The molecule has 0 aliphatic rings. The summed E-state index contributed by atoms with van der Waals surface area (Å²) in [5.41, 5.74) is 7.24. The molecule has 0 saturated carbocycles. The summed E-state index contributed by atoms with van der Waals surface area (Å²) in [7, 11) is 1.63. The molecule has 0 heterocycles. The molecule has 1 atom stereocenters. The molecular formula is C13H20N2O3. The van der Waals surface area contributed by atoms with Gasteiger partial charge in [-0.2, -0.15) is 0 Å². The van der Waals surface area contributed by atoms with Gasteiger partial charge in [0, 0.05) is 19.8 Å². The summed E-state index contributed by atoms with van der Waals surface area (Å²) >= 11 is 0. The topological polar surface area (TPSA) is 75.8 Å². The molecule has 0 aliphatic heterocycles. The number of carboxylic acid groups (broad SMARTS) is 1. The summed E-state index contributed by atoms with van der Waals surface area (Å²) in [4.78, 5) is 12.7. The predicted molar refractivity (Wildman–Crippen MR) is 71.8 cm³/mol. The highest BCUT2D eigenvalue weighted by Crippen LogP contribution is 2.25. The maximum Gasteiger partial charge on any atom is 0.323 e. The molecule has 0 saturated heterocycles. The third kappa shape index (κ3) is 3.92. The van der Waals surface area contributed by atoms with Crippen molar-refractivity contribution in [3.05, 3.63) is 24.3 Å². The van der Waals surface area contributed by atoms with E-state index >= 15 is 0 Å². The van der Waals surface area contributed by atoms with Crippen molar-refractivity contribution in [3.8, 4) is 0 Å². The van der Waals surface area contributed by atoms with E-state index in [1.165, 1.54) is 0 Å². The Bertz CT molecular complexity index is 396. The minimum absolute atomic E-state index is 0.0470. The molecule has 1 aromatic carbocycles. The maximum absolute atomic E-state index is 11.0. The first-order valence-electron chi connectivity index (χ1n) is 5.88. The molecule has 0 spiro atoms. The second-order valence-electron chi connectivity index (χ2n) is 4.21. The van der Waals surface area contributed by atoms with E-state index < -0.39 is 5.97 Å². The quantitative estimate of drug-likeness (QED) is 0.721. The van der Waals surface area contributed by atoms with Gasteiger partial charge in [0.25, 0.3) is 0 Å². The number of carbonyl (C=O) groups is 1. The number of nitrogen functional groups attached to an aromatic ring is 1. The zero-order valence-electron chi connectivity index (χ0n) is 10.8. The fraction of sp³-hybridized carbons (Fsp3) is 0.462. The van der Waals surface area contributed by atoms with Crippen LogP contribution in [-0.2, 0) is 9.53 Å². The van der Waals surface area contributed by atoms with Crippen LogP contribution < -0.4 is 10.6 Å². The largest absolute Gasteiger partial charge is 0.480 e. The van der Waals surface area contributed by atoms with E-state index in [9.17, 15) is 4.79 Å². The molecule has 0 radical (unpaired) electrons. The molecule has 100 valence electrons. The number of hydrogen-bond donors (Lipinski definition) is 2. The number of anilines is 2. The summed E-state index contributed by atoms with van der Waals surface area (Å²) in [6, 6.07) is 7.33. The number of nitrogens with zero attached hydrogens (tertiary/aromatic N) is 1. The van der Waals surface area contributed by atoms with E-state index in [0.29, 0.717) is 12.3 Å². The Labute approximate surface area is 107 Å². The highest BCUT2D eigenvalue weighted by atomic mass is 16.5. The van der Waals surface area contributed by atoms with Gasteiger partial charge in [-0.3, -0.25) is 4.79 Å². The number of ether oxygens (including phenoxy) is 1. The Balaban J connectivity index is 2.90. The third-order valence-corrected chi connectivity index (χ3v) is 2.82. The fourth-order valence-electron chi connectivity index (χ4n) is 1.82. The number of nitrogens with two attached hydrogens (primary N) is 1. The third-order valence-electron chi connectivity index (χ3n) is 2.82. The number of carboxylic acids is 1. The molecule has 1 unspecified atom stereocenters. The summed E-state index contributed by atoms with van der Waals surface area (Å²) in [6.45, 7) is 2.48. The van der Waals surface area contributed by atoms with Gasteiger partial charge in [0.1, 0.15) is 6.54 Å². The molecule has 0 amide bonds. The zero-order valence-corrected chi connectivity index (χ0v) is 10.8. The lowest BCUT2D eigenvalue weighted by atomic mass is 10.1. The molecule has 0 fully saturated rings. The van der Waals surface area contributed by atoms with Gasteiger partial charge in [-0.05, 0) is 25.5 Å². The summed E-state index contributed by atoms with van der Waals surface area (Å²) in [5.74, 6) is -0.873. The summed E-state index contributed by atoms with van der Waals surface area (Å²) in [6.07, 6.45) is 0.748. The van der Waals surface area contributed by atoms with E-state index in [1.54, 1.807) is 18.1 Å². The Hall–Kier alpha value is -1.75. The van der Waals surface area contributed by atoms with E-state index in [4.69, 9.17) is 15.6 Å². The Kier molecular flexibility index (Phi) is 5.45. The SMILES string of the molecule is COCCC(C)N(CC(=O)O)c1ccccc1N. The Morgan fingerprint density at radius 2 is 2.17 bits per heavy atom. The Morgan fingerprint density at radius 3 is 2.72 bits per heavy atom. The van der Waals surface area contributed by atoms with Crippen LogP contribution in [0.1, 0.15) is 13.3 Å². The lowest BCUT2D eigenvalue weighted by Gasteiger charge is -2.30. The van der Waals surface area contributed by atoms with Crippen molar-refractivity contribution in [3.63, 3.8) is 0 Å². The van der Waals surface area contributed by atoms with Crippen LogP contribution in [0.4, 0.5) is 11.4 Å². The van der Waals surface area contributed by atoms with Crippen molar-refractivity contribution in [1.29, 1.82) is 0 Å². The van der Waals surface area contributed by atoms with Crippen molar-refractivity contribution in [1.82, 2.24) is 0 Å². The monoisotopic (exact) mass is 252 g/mol. The maximum atomic E-state index is 11.0. The van der Waals surface area contributed by atoms with Gasteiger partial charge in [-0.15, -0.1) is 0 Å². The lowest BCUT2D eigenvalue weighted by Crippen LogP contribution is -2.38. The molecule has 3 N–H and O–H groups in total. The standard InChI is InChI=1S/C13H20N2O3/c1-10(7-8-18-2)15(9-13(16)17)12-6-4-3-5-11(12)14/h3-6,10H,7-9,14H2,1-2H3,(H,16,17). The van der Waals surface area contributed by atoms with E-state index in [-0.39, 0.29) is 12.6 Å². The molecule has 0 aliphatic carbocycles. The van der Waals surface area contributed by atoms with Gasteiger partial charge in [0.05, 0.1) is 11.4 Å². The van der Waals surface area contributed by atoms with Crippen molar-refractivity contribution >= 4 is 17.3 Å². The molecule has 0 bridgehead atoms. The van der Waals surface area contributed by atoms with Gasteiger partial charge in [0.15, 0.2) is 0 Å². The Morgan fingerprint density at radius 1 is 1.50 bits per heavy atom. The number of aliphatic carboxylic acids is 1. The number of methoxy groups -OCH3 is 1. The first kappa shape index (κ1) is 14.3. The molecule has 5 nitrogen and oxygen atoms in total. The van der Waals surface area contributed by atoms with Gasteiger partial charge >= 0.3 is 5.97 Å². The van der Waals surface area contributed by atoms with Gasteiger partial charge in [0.2, 0.25) is 0 Å². The van der Waals surface area contributed by atoms with Gasteiger partial charge in [-0.1, -0.05) is 12.1 Å². The van der Waals surface area contributed by atoms with Crippen molar-refractivity contribution < 1.29 is 14.6 Å². The normalized spacial score (nSPS) is 12.1. The molecule has 5 heteroatoms. The van der Waals surface area contributed by atoms with Crippen LogP contribution in [-0.4, -0.2) is 37.4 Å². The van der Waals surface area contributed by atoms with E-state index in [1.807, 2.05) is 25.1 Å². The molecule has 0 aromatic heterocycles. The zero-order chi connectivity index (χ0) is 13.5. The number of hydrogen-bond acceptors (Lipinski definition) is 4. The first-order chi connectivity index (χ1) is 8.56. The van der Waals surface area contributed by atoms with Crippen molar-refractivity contribution in [2.24, 2.45) is 0 Å². The average molecular weight is 252 g/mol. The first-order valence-corrected chi connectivity index (χ1v) is 5.88. The number of benzene rings is 1. The molecule has 1 aromatic rings. The smallest absolute Gasteiger partial charge is 0.323 e. The lowest BCUT2D eigenvalue weighted by molar-refractivity contribution is -0.135. The molecular weight excluding hydrogens is 232 g/mol. The van der Waals surface area contributed by atoms with Crippen LogP contribution in [0.5, 0.6) is 0 Å². The van der Waals surface area contributed by atoms with Crippen LogP contribution in [0.2, 0.25) is 0 Å². The second-order valence-corrected chi connectivity index (χ2v) is 4.21. The van der Waals surface area contributed by atoms with Crippen LogP contribution in [0.25, 0.3) is 0 Å². The van der Waals surface area contributed by atoms with Crippen molar-refractivity contribution in [2.75, 3.05) is 30.9 Å². The van der Waals surface area contributed by atoms with Gasteiger partial charge < -0.3 is 20.5 Å². The summed E-state index contributed by atoms with van der Waals surface area (Å²) < 4.78 is 5.03. The highest BCUT2D eigenvalue weighted by Gasteiger charge is 2.19. The van der Waals surface area contributed by atoms with E-state index in [2.05, 4.69) is 0 Å². The number of rotatable bonds is 7.